The van der Waals surface area contributed by atoms with Crippen molar-refractivity contribution >= 4 is 23.0 Å². The van der Waals surface area contributed by atoms with E-state index in [9.17, 15) is 10.1 Å². The molecular formula is C14H16ClN5O2. The predicted molar refractivity (Wildman–Crippen MR) is 83.3 cm³/mol. The molecule has 0 aliphatic carbocycles. The van der Waals surface area contributed by atoms with Crippen molar-refractivity contribution in [1.29, 1.82) is 0 Å². The zero-order valence-corrected chi connectivity index (χ0v) is 12.9. The quantitative estimate of drug-likeness (QED) is 0.641. The van der Waals surface area contributed by atoms with Crippen molar-refractivity contribution in [2.24, 2.45) is 7.05 Å². The largest absolute Gasteiger partial charge is 0.370 e. The third-order valence-electron chi connectivity index (χ3n) is 4.02. The van der Waals surface area contributed by atoms with Crippen LogP contribution in [0.2, 0.25) is 5.02 Å². The molecule has 2 aromatic rings. The summed E-state index contributed by atoms with van der Waals surface area (Å²) in [5.74, 6) is 1.25. The average Bonchev–Trinajstić information content (AvgIpc) is 2.93. The number of benzene rings is 1. The van der Waals surface area contributed by atoms with E-state index in [1.54, 1.807) is 12.4 Å². The Hall–Kier alpha value is -2.15. The molecule has 116 valence electrons. The van der Waals surface area contributed by atoms with Gasteiger partial charge in [0, 0.05) is 38.2 Å². The summed E-state index contributed by atoms with van der Waals surface area (Å²) in [5.41, 5.74) is 0.842. The van der Waals surface area contributed by atoms with Crippen molar-refractivity contribution in [3.05, 3.63) is 45.5 Å². The lowest BCUT2D eigenvalue weighted by Gasteiger charge is -2.34. The van der Waals surface area contributed by atoms with Crippen molar-refractivity contribution in [2.45, 2.75) is 18.8 Å². The van der Waals surface area contributed by atoms with Gasteiger partial charge in [-0.25, -0.2) is 0 Å². The Labute approximate surface area is 132 Å². The van der Waals surface area contributed by atoms with E-state index < -0.39 is 4.92 Å². The van der Waals surface area contributed by atoms with Crippen LogP contribution in [0, 0.1) is 10.1 Å². The van der Waals surface area contributed by atoms with Gasteiger partial charge in [-0.3, -0.25) is 10.1 Å². The van der Waals surface area contributed by atoms with Crippen LogP contribution >= 0.6 is 11.6 Å². The first-order chi connectivity index (χ1) is 10.6. The molecule has 8 heteroatoms. The van der Waals surface area contributed by atoms with Gasteiger partial charge in [-0.15, -0.1) is 10.2 Å². The molecule has 1 aromatic heterocycles. The number of nitro groups is 1. The van der Waals surface area contributed by atoms with E-state index >= 15 is 0 Å². The number of rotatable bonds is 3. The summed E-state index contributed by atoms with van der Waals surface area (Å²) >= 11 is 6.23. The van der Waals surface area contributed by atoms with E-state index in [-0.39, 0.29) is 11.6 Å². The lowest BCUT2D eigenvalue weighted by Crippen LogP contribution is -2.35. The maximum Gasteiger partial charge on any atom is 0.271 e. The highest BCUT2D eigenvalue weighted by Gasteiger charge is 2.26. The van der Waals surface area contributed by atoms with E-state index in [2.05, 4.69) is 15.1 Å². The zero-order valence-electron chi connectivity index (χ0n) is 12.1. The van der Waals surface area contributed by atoms with Gasteiger partial charge >= 0.3 is 0 Å². The van der Waals surface area contributed by atoms with Gasteiger partial charge in [-0.2, -0.15) is 0 Å². The second kappa shape index (κ2) is 5.92. The summed E-state index contributed by atoms with van der Waals surface area (Å²) < 4.78 is 1.94. The fourth-order valence-corrected chi connectivity index (χ4v) is 3.23. The molecule has 2 heterocycles. The van der Waals surface area contributed by atoms with Crippen LogP contribution in [0.25, 0.3) is 0 Å². The molecule has 3 rings (SSSR count). The number of anilines is 1. The van der Waals surface area contributed by atoms with Crippen molar-refractivity contribution in [3.8, 4) is 0 Å². The van der Waals surface area contributed by atoms with E-state index in [1.165, 1.54) is 12.1 Å². The number of non-ortho nitro benzene ring substituents is 1. The van der Waals surface area contributed by atoms with E-state index in [4.69, 9.17) is 11.6 Å². The first-order valence-electron chi connectivity index (χ1n) is 7.09. The summed E-state index contributed by atoms with van der Waals surface area (Å²) in [5, 5.41) is 19.3. The van der Waals surface area contributed by atoms with E-state index in [1.807, 2.05) is 11.6 Å². The number of aromatic nitrogens is 3. The van der Waals surface area contributed by atoms with Gasteiger partial charge in [0.1, 0.15) is 12.2 Å². The lowest BCUT2D eigenvalue weighted by molar-refractivity contribution is -0.384. The molecule has 1 saturated heterocycles. The molecule has 0 N–H and O–H groups in total. The summed E-state index contributed by atoms with van der Waals surface area (Å²) in [6.07, 6.45) is 3.77. The molecule has 1 fully saturated rings. The van der Waals surface area contributed by atoms with E-state index in [0.29, 0.717) is 5.02 Å². The summed E-state index contributed by atoms with van der Waals surface area (Å²) in [7, 11) is 1.94. The van der Waals surface area contributed by atoms with E-state index in [0.717, 1.165) is 37.4 Å². The van der Waals surface area contributed by atoms with Crippen LogP contribution in [0.1, 0.15) is 24.6 Å². The topological polar surface area (TPSA) is 77.1 Å². The Morgan fingerprint density at radius 3 is 2.91 bits per heavy atom. The van der Waals surface area contributed by atoms with Gasteiger partial charge < -0.3 is 9.47 Å². The van der Waals surface area contributed by atoms with Gasteiger partial charge in [0.15, 0.2) is 0 Å². The molecule has 0 saturated carbocycles. The van der Waals surface area contributed by atoms with Crippen molar-refractivity contribution < 1.29 is 4.92 Å². The molecule has 22 heavy (non-hydrogen) atoms. The normalized spacial score (nSPS) is 18.5. The smallest absolute Gasteiger partial charge is 0.271 e. The van der Waals surface area contributed by atoms with Crippen molar-refractivity contribution in [3.63, 3.8) is 0 Å². The Balaban J connectivity index is 1.83. The van der Waals surface area contributed by atoms with Gasteiger partial charge in [0.2, 0.25) is 0 Å². The number of nitrogens with zero attached hydrogens (tertiary/aromatic N) is 5. The maximum atomic E-state index is 10.8. The number of aryl methyl sites for hydroxylation is 1. The molecule has 1 unspecified atom stereocenters. The van der Waals surface area contributed by atoms with Crippen molar-refractivity contribution in [2.75, 3.05) is 18.0 Å². The molecule has 0 radical (unpaired) electrons. The number of piperidine rings is 1. The molecule has 0 bridgehead atoms. The monoisotopic (exact) mass is 321 g/mol. The second-order valence-corrected chi connectivity index (χ2v) is 5.89. The predicted octanol–water partition coefficient (Wildman–Crippen LogP) is 2.76. The van der Waals surface area contributed by atoms with Crippen LogP contribution in [0.4, 0.5) is 11.4 Å². The minimum absolute atomic E-state index is 0.00982. The standard InChI is InChI=1S/C14H16ClN5O2/c1-18-9-16-17-14(18)10-3-2-6-19(8-10)13-5-4-11(20(21)22)7-12(13)15/h4-5,7,9-10H,2-3,6,8H2,1H3. The van der Waals surface area contributed by atoms with Gasteiger partial charge in [-0.05, 0) is 18.9 Å². The molecule has 1 atom stereocenters. The number of halogens is 1. The molecule has 7 nitrogen and oxygen atoms in total. The average molecular weight is 322 g/mol. The highest BCUT2D eigenvalue weighted by Crippen LogP contribution is 2.34. The number of hydrogen-bond acceptors (Lipinski definition) is 5. The molecule has 0 spiro atoms. The number of nitro benzene ring substituents is 1. The van der Waals surface area contributed by atoms with Gasteiger partial charge in [-0.1, -0.05) is 11.6 Å². The minimum atomic E-state index is -0.436. The highest BCUT2D eigenvalue weighted by atomic mass is 35.5. The van der Waals surface area contributed by atoms with Crippen LogP contribution in [-0.4, -0.2) is 32.8 Å². The Kier molecular flexibility index (Phi) is 3.98. The Bertz CT molecular complexity index is 702. The van der Waals surface area contributed by atoms with Crippen LogP contribution in [0.15, 0.2) is 24.5 Å². The molecule has 1 aliphatic rings. The molecule has 1 aromatic carbocycles. The Morgan fingerprint density at radius 1 is 1.45 bits per heavy atom. The van der Waals surface area contributed by atoms with Gasteiger partial charge in [0.05, 0.1) is 15.6 Å². The molecular weight excluding hydrogens is 306 g/mol. The van der Waals surface area contributed by atoms with Crippen LogP contribution in [0.5, 0.6) is 0 Å². The third kappa shape index (κ3) is 2.76. The maximum absolute atomic E-state index is 10.8. The fraction of sp³-hybridized carbons (Fsp3) is 0.429. The first kappa shape index (κ1) is 14.8. The van der Waals surface area contributed by atoms with Crippen LogP contribution < -0.4 is 4.90 Å². The van der Waals surface area contributed by atoms with Gasteiger partial charge in [0.25, 0.3) is 5.69 Å². The molecule has 1 aliphatic heterocycles. The summed E-state index contributed by atoms with van der Waals surface area (Å²) in [6.45, 7) is 1.66. The number of hydrogen-bond donors (Lipinski definition) is 0. The lowest BCUT2D eigenvalue weighted by atomic mass is 9.96. The van der Waals surface area contributed by atoms with Crippen LogP contribution in [-0.2, 0) is 7.05 Å². The molecule has 0 amide bonds. The fourth-order valence-electron chi connectivity index (χ4n) is 2.93. The minimum Gasteiger partial charge on any atom is -0.370 e. The van der Waals surface area contributed by atoms with Crippen molar-refractivity contribution in [1.82, 2.24) is 14.8 Å². The second-order valence-electron chi connectivity index (χ2n) is 5.48. The van der Waals surface area contributed by atoms with Crippen LogP contribution in [0.3, 0.4) is 0 Å². The SMILES string of the molecule is Cn1cnnc1C1CCCN(c2ccc([N+](=O)[O-])cc2Cl)C1. The summed E-state index contributed by atoms with van der Waals surface area (Å²) in [4.78, 5) is 12.5. The highest BCUT2D eigenvalue weighted by molar-refractivity contribution is 6.33. The first-order valence-corrected chi connectivity index (χ1v) is 7.47. The Morgan fingerprint density at radius 2 is 2.27 bits per heavy atom. The zero-order chi connectivity index (χ0) is 15.7. The summed E-state index contributed by atoms with van der Waals surface area (Å²) in [6, 6.07) is 4.62. The third-order valence-corrected chi connectivity index (χ3v) is 4.32.